The predicted molar refractivity (Wildman–Crippen MR) is 72.9 cm³/mol. The number of aliphatic hydroxyl groups is 1. The van der Waals surface area contributed by atoms with Crippen LogP contribution in [0.25, 0.3) is 0 Å². The smallest absolute Gasteiger partial charge is 0.146 e. The molecule has 0 saturated heterocycles. The van der Waals surface area contributed by atoms with Crippen molar-refractivity contribution < 1.29 is 19.0 Å². The van der Waals surface area contributed by atoms with E-state index in [9.17, 15) is 9.50 Å². The molecule has 0 saturated carbocycles. The standard InChI is InChI=1S/C14H22FNO3/c1-10-4-5-14(13(15)6-10)16-7-12(17)9-19-11(2)8-18-3/h4-6,11-12,16-17H,7-9H2,1-3H3. The molecule has 4 nitrogen and oxygen atoms in total. The lowest BCUT2D eigenvalue weighted by Gasteiger charge is -2.17. The van der Waals surface area contributed by atoms with Crippen LogP contribution in [-0.4, -0.2) is 44.2 Å². The molecule has 0 aliphatic rings. The highest BCUT2D eigenvalue weighted by molar-refractivity contribution is 5.46. The first-order valence-electron chi connectivity index (χ1n) is 6.31. The molecule has 0 heterocycles. The van der Waals surface area contributed by atoms with E-state index in [2.05, 4.69) is 5.32 Å². The van der Waals surface area contributed by atoms with Crippen molar-refractivity contribution >= 4 is 5.69 Å². The van der Waals surface area contributed by atoms with Crippen LogP contribution in [-0.2, 0) is 9.47 Å². The Morgan fingerprint density at radius 1 is 1.37 bits per heavy atom. The van der Waals surface area contributed by atoms with E-state index in [-0.39, 0.29) is 25.1 Å². The molecule has 0 aliphatic heterocycles. The quantitative estimate of drug-likeness (QED) is 0.759. The Morgan fingerprint density at radius 2 is 2.11 bits per heavy atom. The molecule has 1 aromatic carbocycles. The van der Waals surface area contributed by atoms with E-state index in [1.807, 2.05) is 19.9 Å². The number of benzene rings is 1. The van der Waals surface area contributed by atoms with Crippen LogP contribution in [0.15, 0.2) is 18.2 Å². The summed E-state index contributed by atoms with van der Waals surface area (Å²) >= 11 is 0. The van der Waals surface area contributed by atoms with Crippen LogP contribution in [0.2, 0.25) is 0 Å². The summed E-state index contributed by atoms with van der Waals surface area (Å²) in [6.07, 6.45) is -0.768. The van der Waals surface area contributed by atoms with E-state index in [0.717, 1.165) is 5.56 Å². The van der Waals surface area contributed by atoms with Gasteiger partial charge in [0, 0.05) is 13.7 Å². The van der Waals surface area contributed by atoms with Gasteiger partial charge in [-0.1, -0.05) is 6.07 Å². The van der Waals surface area contributed by atoms with Gasteiger partial charge in [0.25, 0.3) is 0 Å². The Labute approximate surface area is 113 Å². The van der Waals surface area contributed by atoms with Crippen LogP contribution in [0.5, 0.6) is 0 Å². The van der Waals surface area contributed by atoms with Crippen LogP contribution in [0.4, 0.5) is 10.1 Å². The zero-order valence-corrected chi connectivity index (χ0v) is 11.6. The average Bonchev–Trinajstić information content (AvgIpc) is 2.35. The zero-order valence-electron chi connectivity index (χ0n) is 11.6. The van der Waals surface area contributed by atoms with E-state index < -0.39 is 6.10 Å². The monoisotopic (exact) mass is 271 g/mol. The fourth-order valence-electron chi connectivity index (χ4n) is 1.61. The second-order valence-corrected chi connectivity index (χ2v) is 4.62. The summed E-state index contributed by atoms with van der Waals surface area (Å²) in [5.41, 5.74) is 1.25. The lowest BCUT2D eigenvalue weighted by Crippen LogP contribution is -2.28. The molecule has 0 radical (unpaired) electrons. The lowest BCUT2D eigenvalue weighted by atomic mass is 10.2. The molecule has 0 spiro atoms. The summed E-state index contributed by atoms with van der Waals surface area (Å²) in [5, 5.41) is 12.6. The van der Waals surface area contributed by atoms with Gasteiger partial charge in [-0.05, 0) is 31.5 Å². The third-order valence-electron chi connectivity index (χ3n) is 2.63. The normalized spacial score (nSPS) is 14.2. The summed E-state index contributed by atoms with van der Waals surface area (Å²) in [4.78, 5) is 0. The fraction of sp³-hybridized carbons (Fsp3) is 0.571. The summed E-state index contributed by atoms with van der Waals surface area (Å²) < 4.78 is 23.8. The number of hydrogen-bond acceptors (Lipinski definition) is 4. The van der Waals surface area contributed by atoms with Crippen LogP contribution in [0, 0.1) is 12.7 Å². The third-order valence-corrected chi connectivity index (χ3v) is 2.63. The molecule has 2 unspecified atom stereocenters. The highest BCUT2D eigenvalue weighted by Crippen LogP contribution is 2.15. The van der Waals surface area contributed by atoms with E-state index in [0.29, 0.717) is 12.3 Å². The van der Waals surface area contributed by atoms with Gasteiger partial charge in [-0.15, -0.1) is 0 Å². The number of halogens is 1. The van der Waals surface area contributed by atoms with Crippen molar-refractivity contribution in [1.29, 1.82) is 0 Å². The number of hydrogen-bond donors (Lipinski definition) is 2. The van der Waals surface area contributed by atoms with Crippen molar-refractivity contribution in [3.8, 4) is 0 Å². The maximum Gasteiger partial charge on any atom is 0.146 e. The fourth-order valence-corrected chi connectivity index (χ4v) is 1.61. The van der Waals surface area contributed by atoms with E-state index >= 15 is 0 Å². The first-order chi connectivity index (χ1) is 9.02. The molecule has 0 amide bonds. The van der Waals surface area contributed by atoms with Crippen LogP contribution < -0.4 is 5.32 Å². The SMILES string of the molecule is COCC(C)OCC(O)CNc1ccc(C)cc1F. The second-order valence-electron chi connectivity index (χ2n) is 4.62. The first-order valence-corrected chi connectivity index (χ1v) is 6.31. The van der Waals surface area contributed by atoms with E-state index in [1.165, 1.54) is 6.07 Å². The molecule has 1 rings (SSSR count). The van der Waals surface area contributed by atoms with Gasteiger partial charge in [-0.3, -0.25) is 0 Å². The van der Waals surface area contributed by atoms with Gasteiger partial charge in [0.1, 0.15) is 5.82 Å². The summed E-state index contributed by atoms with van der Waals surface area (Å²) in [5.74, 6) is -0.319. The largest absolute Gasteiger partial charge is 0.389 e. The molecule has 108 valence electrons. The average molecular weight is 271 g/mol. The number of methoxy groups -OCH3 is 1. The minimum absolute atomic E-state index is 0.0734. The molecule has 19 heavy (non-hydrogen) atoms. The van der Waals surface area contributed by atoms with Crippen molar-refractivity contribution in [2.24, 2.45) is 0 Å². The maximum atomic E-state index is 13.5. The number of aliphatic hydroxyl groups excluding tert-OH is 1. The summed E-state index contributed by atoms with van der Waals surface area (Å²) in [7, 11) is 1.60. The Kier molecular flexibility index (Phi) is 6.77. The minimum Gasteiger partial charge on any atom is -0.389 e. The van der Waals surface area contributed by atoms with Crippen molar-refractivity contribution in [3.63, 3.8) is 0 Å². The molecule has 0 aromatic heterocycles. The minimum atomic E-state index is -0.694. The van der Waals surface area contributed by atoms with Gasteiger partial charge in [0.15, 0.2) is 0 Å². The summed E-state index contributed by atoms with van der Waals surface area (Å²) in [6, 6.07) is 4.92. The highest BCUT2D eigenvalue weighted by atomic mass is 19.1. The Morgan fingerprint density at radius 3 is 2.74 bits per heavy atom. The van der Waals surface area contributed by atoms with Crippen LogP contribution in [0.1, 0.15) is 12.5 Å². The molecule has 5 heteroatoms. The van der Waals surface area contributed by atoms with Crippen molar-refractivity contribution in [2.75, 3.05) is 32.2 Å². The highest BCUT2D eigenvalue weighted by Gasteiger charge is 2.09. The van der Waals surface area contributed by atoms with E-state index in [1.54, 1.807) is 13.2 Å². The number of ether oxygens (including phenoxy) is 2. The van der Waals surface area contributed by atoms with Gasteiger partial charge >= 0.3 is 0 Å². The molecule has 0 aliphatic carbocycles. The third kappa shape index (κ3) is 6.00. The molecular weight excluding hydrogens is 249 g/mol. The van der Waals surface area contributed by atoms with Crippen molar-refractivity contribution in [3.05, 3.63) is 29.6 Å². The topological polar surface area (TPSA) is 50.7 Å². The van der Waals surface area contributed by atoms with Crippen LogP contribution in [0.3, 0.4) is 0 Å². The Balaban J connectivity index is 2.31. The second kappa shape index (κ2) is 8.09. The predicted octanol–water partition coefficient (Wildman–Crippen LogP) is 1.96. The van der Waals surface area contributed by atoms with E-state index in [4.69, 9.17) is 9.47 Å². The molecule has 2 N–H and O–H groups in total. The Hall–Kier alpha value is -1.17. The number of aryl methyl sites for hydroxylation is 1. The number of nitrogens with one attached hydrogen (secondary N) is 1. The van der Waals surface area contributed by atoms with Gasteiger partial charge in [-0.2, -0.15) is 0 Å². The molecule has 2 atom stereocenters. The molecular formula is C14H22FNO3. The molecule has 0 fully saturated rings. The van der Waals surface area contributed by atoms with Gasteiger partial charge in [0.05, 0.1) is 31.1 Å². The maximum absolute atomic E-state index is 13.5. The van der Waals surface area contributed by atoms with Crippen molar-refractivity contribution in [1.82, 2.24) is 0 Å². The summed E-state index contributed by atoms with van der Waals surface area (Å²) in [6.45, 7) is 4.59. The van der Waals surface area contributed by atoms with Gasteiger partial charge in [-0.25, -0.2) is 4.39 Å². The van der Waals surface area contributed by atoms with Crippen molar-refractivity contribution in [2.45, 2.75) is 26.1 Å². The van der Waals surface area contributed by atoms with Gasteiger partial charge < -0.3 is 19.9 Å². The molecule has 0 bridgehead atoms. The Bertz CT molecular complexity index is 387. The molecule has 1 aromatic rings. The van der Waals surface area contributed by atoms with Crippen LogP contribution >= 0.6 is 0 Å². The number of anilines is 1. The zero-order chi connectivity index (χ0) is 14.3. The lowest BCUT2D eigenvalue weighted by molar-refractivity contribution is -0.0282. The first kappa shape index (κ1) is 15.9. The number of rotatable bonds is 8. The van der Waals surface area contributed by atoms with Gasteiger partial charge in [0.2, 0.25) is 0 Å².